The highest BCUT2D eigenvalue weighted by molar-refractivity contribution is 7.07. The van der Waals surface area contributed by atoms with Crippen molar-refractivity contribution in [3.63, 3.8) is 0 Å². The first-order valence-electron chi connectivity index (χ1n) is 4.09. The van der Waals surface area contributed by atoms with Crippen LogP contribution in [0.15, 0.2) is 16.8 Å². The molecule has 0 saturated carbocycles. The molecule has 1 unspecified atom stereocenters. The first-order chi connectivity index (χ1) is 5.83. The fourth-order valence-corrected chi connectivity index (χ4v) is 1.68. The summed E-state index contributed by atoms with van der Waals surface area (Å²) in [6, 6.07) is 2.03. The molecule has 0 spiro atoms. The van der Waals surface area contributed by atoms with Crippen molar-refractivity contribution in [3.05, 3.63) is 22.4 Å². The van der Waals surface area contributed by atoms with E-state index >= 15 is 0 Å². The number of thiophene rings is 1. The largest absolute Gasteiger partial charge is 0.390 e. The second kappa shape index (κ2) is 5.30. The third kappa shape index (κ3) is 3.34. The number of hydrogen-bond donors (Lipinski definition) is 1. The summed E-state index contributed by atoms with van der Waals surface area (Å²) >= 11 is 1.65. The van der Waals surface area contributed by atoms with Gasteiger partial charge in [0.15, 0.2) is 0 Å². The predicted molar refractivity (Wildman–Crippen MR) is 50.5 cm³/mol. The molecule has 1 atom stereocenters. The van der Waals surface area contributed by atoms with Crippen LogP contribution < -0.4 is 0 Å². The van der Waals surface area contributed by atoms with Crippen LogP contribution in [0.25, 0.3) is 0 Å². The zero-order valence-corrected chi connectivity index (χ0v) is 8.01. The molecule has 0 amide bonds. The first-order valence-corrected chi connectivity index (χ1v) is 5.04. The minimum atomic E-state index is -0.362. The molecule has 12 heavy (non-hydrogen) atoms. The van der Waals surface area contributed by atoms with Gasteiger partial charge in [-0.1, -0.05) is 0 Å². The normalized spacial score (nSPS) is 13.2. The van der Waals surface area contributed by atoms with Crippen molar-refractivity contribution in [2.45, 2.75) is 19.4 Å². The van der Waals surface area contributed by atoms with E-state index in [-0.39, 0.29) is 6.10 Å². The lowest BCUT2D eigenvalue weighted by Crippen LogP contribution is -2.17. The van der Waals surface area contributed by atoms with Crippen LogP contribution in [0.3, 0.4) is 0 Å². The summed E-state index contributed by atoms with van der Waals surface area (Å²) in [5.41, 5.74) is 1.19. The summed E-state index contributed by atoms with van der Waals surface area (Å²) in [5, 5.41) is 13.5. The van der Waals surface area contributed by atoms with Crippen LogP contribution >= 0.6 is 11.3 Å². The molecule has 2 nitrogen and oxygen atoms in total. The topological polar surface area (TPSA) is 29.5 Å². The molecule has 68 valence electrons. The molecule has 0 fully saturated rings. The third-order valence-electron chi connectivity index (χ3n) is 1.57. The van der Waals surface area contributed by atoms with Gasteiger partial charge in [0.1, 0.15) is 0 Å². The summed E-state index contributed by atoms with van der Waals surface area (Å²) in [4.78, 5) is 0. The Morgan fingerprint density at radius 3 is 3.08 bits per heavy atom. The Kier molecular flexibility index (Phi) is 4.29. The maximum atomic E-state index is 9.43. The molecule has 0 aliphatic rings. The Balaban J connectivity index is 2.22. The fraction of sp³-hybridized carbons (Fsp3) is 0.556. The monoisotopic (exact) mass is 186 g/mol. The van der Waals surface area contributed by atoms with E-state index in [1.807, 2.05) is 18.4 Å². The lowest BCUT2D eigenvalue weighted by atomic mass is 10.2. The first kappa shape index (κ1) is 9.71. The standard InChI is InChI=1S/C9H14O2S/c1-2-11-6-9(10)5-8-3-4-12-7-8/h3-4,7,9-10H,2,5-6H2,1H3. The van der Waals surface area contributed by atoms with Crippen molar-refractivity contribution in [2.24, 2.45) is 0 Å². The Morgan fingerprint density at radius 1 is 1.67 bits per heavy atom. The highest BCUT2D eigenvalue weighted by Crippen LogP contribution is 2.08. The molecule has 1 aromatic rings. The van der Waals surface area contributed by atoms with Gasteiger partial charge in [-0.05, 0) is 29.3 Å². The molecular formula is C9H14O2S. The fourth-order valence-electron chi connectivity index (χ4n) is 0.994. The van der Waals surface area contributed by atoms with Crippen LogP contribution in [-0.4, -0.2) is 24.4 Å². The van der Waals surface area contributed by atoms with E-state index in [1.165, 1.54) is 5.56 Å². The minimum absolute atomic E-state index is 0.362. The van der Waals surface area contributed by atoms with Crippen LogP contribution in [0.1, 0.15) is 12.5 Å². The molecule has 0 aromatic carbocycles. The highest BCUT2D eigenvalue weighted by atomic mass is 32.1. The Morgan fingerprint density at radius 2 is 2.50 bits per heavy atom. The van der Waals surface area contributed by atoms with Gasteiger partial charge in [-0.2, -0.15) is 11.3 Å². The highest BCUT2D eigenvalue weighted by Gasteiger charge is 2.04. The van der Waals surface area contributed by atoms with Crippen molar-refractivity contribution < 1.29 is 9.84 Å². The Bertz CT molecular complexity index is 196. The van der Waals surface area contributed by atoms with Gasteiger partial charge in [-0.15, -0.1) is 0 Å². The summed E-state index contributed by atoms with van der Waals surface area (Å²) in [6.45, 7) is 3.03. The maximum Gasteiger partial charge on any atom is 0.0814 e. The molecule has 1 rings (SSSR count). The van der Waals surface area contributed by atoms with Gasteiger partial charge in [0, 0.05) is 13.0 Å². The Labute approximate surface area is 76.8 Å². The van der Waals surface area contributed by atoms with Crippen LogP contribution in [0.5, 0.6) is 0 Å². The number of ether oxygens (including phenoxy) is 1. The van der Waals surface area contributed by atoms with E-state index in [2.05, 4.69) is 5.38 Å². The maximum absolute atomic E-state index is 9.43. The molecule has 1 aromatic heterocycles. The summed E-state index contributed by atoms with van der Waals surface area (Å²) < 4.78 is 5.10. The van der Waals surface area contributed by atoms with E-state index in [0.717, 1.165) is 0 Å². The second-order valence-corrected chi connectivity index (χ2v) is 3.43. The van der Waals surface area contributed by atoms with Crippen molar-refractivity contribution in [1.29, 1.82) is 0 Å². The van der Waals surface area contributed by atoms with Crippen molar-refractivity contribution >= 4 is 11.3 Å². The van der Waals surface area contributed by atoms with Crippen LogP contribution in [-0.2, 0) is 11.2 Å². The van der Waals surface area contributed by atoms with Crippen LogP contribution in [0, 0.1) is 0 Å². The zero-order valence-electron chi connectivity index (χ0n) is 7.19. The SMILES string of the molecule is CCOCC(O)Cc1ccsc1. The minimum Gasteiger partial charge on any atom is -0.390 e. The zero-order chi connectivity index (χ0) is 8.81. The molecule has 0 aliphatic heterocycles. The number of aliphatic hydroxyl groups is 1. The van der Waals surface area contributed by atoms with E-state index in [9.17, 15) is 5.11 Å². The predicted octanol–water partition coefficient (Wildman–Crippen LogP) is 1.69. The number of hydrogen-bond acceptors (Lipinski definition) is 3. The summed E-state index contributed by atoms with van der Waals surface area (Å²) in [5.74, 6) is 0. The van der Waals surface area contributed by atoms with Crippen molar-refractivity contribution in [1.82, 2.24) is 0 Å². The van der Waals surface area contributed by atoms with Gasteiger partial charge < -0.3 is 9.84 Å². The molecule has 0 aliphatic carbocycles. The van der Waals surface area contributed by atoms with Crippen molar-refractivity contribution in [2.75, 3.05) is 13.2 Å². The molecule has 0 saturated heterocycles. The molecule has 0 radical (unpaired) electrons. The third-order valence-corrected chi connectivity index (χ3v) is 2.30. The quantitative estimate of drug-likeness (QED) is 0.758. The molecule has 0 bridgehead atoms. The van der Waals surface area contributed by atoms with E-state index in [4.69, 9.17) is 4.74 Å². The van der Waals surface area contributed by atoms with Gasteiger partial charge in [0.2, 0.25) is 0 Å². The second-order valence-electron chi connectivity index (χ2n) is 2.65. The summed E-state index contributed by atoms with van der Waals surface area (Å²) in [7, 11) is 0. The summed E-state index contributed by atoms with van der Waals surface area (Å²) in [6.07, 6.45) is 0.336. The molecule has 1 heterocycles. The average Bonchev–Trinajstić information content (AvgIpc) is 2.53. The number of rotatable bonds is 5. The lowest BCUT2D eigenvalue weighted by Gasteiger charge is -2.08. The van der Waals surface area contributed by atoms with Crippen molar-refractivity contribution in [3.8, 4) is 0 Å². The average molecular weight is 186 g/mol. The molecular weight excluding hydrogens is 172 g/mol. The van der Waals surface area contributed by atoms with E-state index in [1.54, 1.807) is 11.3 Å². The number of aliphatic hydroxyl groups excluding tert-OH is 1. The van der Waals surface area contributed by atoms with Gasteiger partial charge >= 0.3 is 0 Å². The van der Waals surface area contributed by atoms with Gasteiger partial charge in [0.05, 0.1) is 12.7 Å². The molecule has 3 heteroatoms. The van der Waals surface area contributed by atoms with Gasteiger partial charge in [0.25, 0.3) is 0 Å². The Hall–Kier alpha value is -0.380. The van der Waals surface area contributed by atoms with Crippen LogP contribution in [0.2, 0.25) is 0 Å². The van der Waals surface area contributed by atoms with E-state index < -0.39 is 0 Å². The van der Waals surface area contributed by atoms with Gasteiger partial charge in [-0.3, -0.25) is 0 Å². The molecule has 1 N–H and O–H groups in total. The van der Waals surface area contributed by atoms with E-state index in [0.29, 0.717) is 19.6 Å². The van der Waals surface area contributed by atoms with Gasteiger partial charge in [-0.25, -0.2) is 0 Å². The smallest absolute Gasteiger partial charge is 0.0814 e. The van der Waals surface area contributed by atoms with Crippen LogP contribution in [0.4, 0.5) is 0 Å². The lowest BCUT2D eigenvalue weighted by molar-refractivity contribution is 0.0430.